The van der Waals surface area contributed by atoms with Gasteiger partial charge in [-0.3, -0.25) is 5.10 Å². The molecular weight excluding hydrogens is 281 g/mol. The molecule has 0 atom stereocenters. The molecule has 4 rings (SSSR count). The number of aromatic nitrogens is 3. The highest BCUT2D eigenvalue weighted by molar-refractivity contribution is 5.77. The third-order valence-electron chi connectivity index (χ3n) is 4.68. The van der Waals surface area contributed by atoms with Gasteiger partial charge in [0.05, 0.1) is 0 Å². The summed E-state index contributed by atoms with van der Waals surface area (Å²) in [5, 5.41) is 9.00. The van der Waals surface area contributed by atoms with Crippen LogP contribution in [-0.4, -0.2) is 28.3 Å². The van der Waals surface area contributed by atoms with Crippen molar-refractivity contribution in [1.29, 1.82) is 0 Å². The molecule has 7 heteroatoms. The molecule has 0 radical (unpaired) electrons. The van der Waals surface area contributed by atoms with Crippen LogP contribution < -0.4 is 5.32 Å². The first kappa shape index (κ1) is 13.1. The van der Waals surface area contributed by atoms with Gasteiger partial charge in [-0.15, -0.1) is 0 Å². The summed E-state index contributed by atoms with van der Waals surface area (Å²) in [7, 11) is 0. The summed E-state index contributed by atoms with van der Waals surface area (Å²) in [6.45, 7) is 2.16. The van der Waals surface area contributed by atoms with Crippen molar-refractivity contribution in [3.63, 3.8) is 0 Å². The fourth-order valence-electron chi connectivity index (χ4n) is 3.62. The Kier molecular flexibility index (Phi) is 2.61. The Bertz CT molecular complexity index is 679. The number of nitrogens with one attached hydrogen (secondary N) is 2. The van der Waals surface area contributed by atoms with Gasteiger partial charge in [-0.25, -0.2) is 4.98 Å². The molecule has 112 valence electrons. The van der Waals surface area contributed by atoms with E-state index in [-0.39, 0.29) is 11.0 Å². The molecule has 21 heavy (non-hydrogen) atoms. The molecule has 2 aromatic heterocycles. The normalized spacial score (nSPS) is 21.5. The van der Waals surface area contributed by atoms with Crippen LogP contribution in [0.4, 0.5) is 13.2 Å². The van der Waals surface area contributed by atoms with Crippen LogP contribution in [-0.2, 0) is 12.6 Å². The molecule has 2 fully saturated rings. The lowest BCUT2D eigenvalue weighted by molar-refractivity contribution is -0.140. The van der Waals surface area contributed by atoms with Crippen molar-refractivity contribution < 1.29 is 13.2 Å². The van der Waals surface area contributed by atoms with Crippen LogP contribution in [0.5, 0.6) is 0 Å². The molecule has 1 saturated heterocycles. The van der Waals surface area contributed by atoms with Crippen molar-refractivity contribution in [2.45, 2.75) is 25.4 Å². The molecule has 1 spiro atoms. The molecule has 1 aliphatic heterocycles. The SMILES string of the molecule is FC(F)(F)c1[nH]nc2ccc(CC3CC4(CNC4)C3)nc12. The minimum atomic E-state index is -4.45. The predicted octanol–water partition coefficient (Wildman–Crippen LogP) is 2.52. The van der Waals surface area contributed by atoms with E-state index in [0.29, 0.717) is 11.3 Å². The van der Waals surface area contributed by atoms with Crippen molar-refractivity contribution in [3.8, 4) is 0 Å². The zero-order chi connectivity index (χ0) is 14.7. The Balaban J connectivity index is 1.56. The predicted molar refractivity (Wildman–Crippen MR) is 70.6 cm³/mol. The molecule has 1 saturated carbocycles. The van der Waals surface area contributed by atoms with E-state index in [1.165, 1.54) is 0 Å². The van der Waals surface area contributed by atoms with Gasteiger partial charge in [-0.05, 0) is 42.7 Å². The second-order valence-corrected chi connectivity index (χ2v) is 6.35. The molecule has 0 amide bonds. The standard InChI is InChI=1S/C14H15F3N4/c15-14(16,17)12-11-10(20-21-12)2-1-9(19-11)3-8-4-13(5-8)6-18-7-13/h1-2,8,18H,3-7H2,(H,20,21). The molecule has 2 aliphatic rings. The van der Waals surface area contributed by atoms with Crippen LogP contribution in [0.15, 0.2) is 12.1 Å². The summed E-state index contributed by atoms with van der Waals surface area (Å²) in [6, 6.07) is 3.40. The van der Waals surface area contributed by atoms with Crippen molar-refractivity contribution in [2.75, 3.05) is 13.1 Å². The minimum Gasteiger partial charge on any atom is -0.316 e. The van der Waals surface area contributed by atoms with E-state index in [0.717, 1.165) is 38.0 Å². The third kappa shape index (κ3) is 2.10. The number of pyridine rings is 1. The first-order valence-corrected chi connectivity index (χ1v) is 7.07. The van der Waals surface area contributed by atoms with Crippen LogP contribution in [0.1, 0.15) is 24.2 Å². The van der Waals surface area contributed by atoms with Crippen LogP contribution >= 0.6 is 0 Å². The molecular formula is C14H15F3N4. The number of hydrogen-bond donors (Lipinski definition) is 2. The van der Waals surface area contributed by atoms with Crippen LogP contribution in [0.25, 0.3) is 11.0 Å². The van der Waals surface area contributed by atoms with Gasteiger partial charge >= 0.3 is 6.18 Å². The minimum absolute atomic E-state index is 0.0700. The van der Waals surface area contributed by atoms with E-state index < -0.39 is 11.9 Å². The number of alkyl halides is 3. The Hall–Kier alpha value is -1.63. The second kappa shape index (κ2) is 4.19. The number of fused-ring (bicyclic) bond motifs is 1. The van der Waals surface area contributed by atoms with Gasteiger partial charge in [-0.1, -0.05) is 0 Å². The number of H-pyrrole nitrogens is 1. The fraction of sp³-hybridized carbons (Fsp3) is 0.571. The number of nitrogens with zero attached hydrogens (tertiary/aromatic N) is 2. The van der Waals surface area contributed by atoms with Gasteiger partial charge in [0, 0.05) is 18.8 Å². The highest BCUT2D eigenvalue weighted by Gasteiger charge is 2.48. The highest BCUT2D eigenvalue weighted by atomic mass is 19.4. The molecule has 3 heterocycles. The number of halogens is 3. The molecule has 4 nitrogen and oxygen atoms in total. The van der Waals surface area contributed by atoms with Gasteiger partial charge < -0.3 is 5.32 Å². The Morgan fingerprint density at radius 2 is 2.00 bits per heavy atom. The summed E-state index contributed by atoms with van der Waals surface area (Å²) in [5.41, 5.74) is 0.537. The van der Waals surface area contributed by atoms with Gasteiger partial charge in [0.1, 0.15) is 11.0 Å². The van der Waals surface area contributed by atoms with Crippen LogP contribution in [0, 0.1) is 11.3 Å². The van der Waals surface area contributed by atoms with Crippen molar-refractivity contribution >= 4 is 11.0 Å². The second-order valence-electron chi connectivity index (χ2n) is 6.35. The van der Waals surface area contributed by atoms with E-state index in [1.807, 2.05) is 5.10 Å². The average molecular weight is 296 g/mol. The summed E-state index contributed by atoms with van der Waals surface area (Å²) in [6.07, 6.45) is -1.40. The van der Waals surface area contributed by atoms with Crippen LogP contribution in [0.3, 0.4) is 0 Å². The summed E-state index contributed by atoms with van der Waals surface area (Å²) in [4.78, 5) is 4.19. The van der Waals surface area contributed by atoms with Gasteiger partial charge in [0.25, 0.3) is 0 Å². The topological polar surface area (TPSA) is 53.6 Å². The zero-order valence-corrected chi connectivity index (χ0v) is 11.3. The summed E-state index contributed by atoms with van der Waals surface area (Å²) < 4.78 is 38.6. The Labute approximate surface area is 119 Å². The maximum Gasteiger partial charge on any atom is 0.434 e. The number of hydrogen-bond acceptors (Lipinski definition) is 3. The van der Waals surface area contributed by atoms with E-state index in [2.05, 4.69) is 15.4 Å². The maximum atomic E-state index is 12.9. The van der Waals surface area contributed by atoms with Gasteiger partial charge in [0.15, 0.2) is 5.69 Å². The Morgan fingerprint density at radius 3 is 2.62 bits per heavy atom. The lowest BCUT2D eigenvalue weighted by Gasteiger charge is -2.54. The third-order valence-corrected chi connectivity index (χ3v) is 4.68. The van der Waals surface area contributed by atoms with Crippen LogP contribution in [0.2, 0.25) is 0 Å². The van der Waals surface area contributed by atoms with Crippen molar-refractivity contribution in [3.05, 3.63) is 23.5 Å². The molecule has 2 N–H and O–H groups in total. The summed E-state index contributed by atoms with van der Waals surface area (Å²) in [5.74, 6) is 0.540. The quantitative estimate of drug-likeness (QED) is 0.895. The average Bonchev–Trinajstić information content (AvgIpc) is 2.73. The Morgan fingerprint density at radius 1 is 1.24 bits per heavy atom. The zero-order valence-electron chi connectivity index (χ0n) is 11.3. The van der Waals surface area contributed by atoms with E-state index in [9.17, 15) is 13.2 Å². The summed E-state index contributed by atoms with van der Waals surface area (Å²) >= 11 is 0. The number of rotatable bonds is 2. The van der Waals surface area contributed by atoms with E-state index in [1.54, 1.807) is 12.1 Å². The molecule has 1 aliphatic carbocycles. The van der Waals surface area contributed by atoms with Crippen molar-refractivity contribution in [2.24, 2.45) is 11.3 Å². The smallest absolute Gasteiger partial charge is 0.316 e. The molecule has 0 unspecified atom stereocenters. The molecule has 2 aromatic rings. The monoisotopic (exact) mass is 296 g/mol. The van der Waals surface area contributed by atoms with E-state index in [4.69, 9.17) is 0 Å². The van der Waals surface area contributed by atoms with Crippen molar-refractivity contribution in [1.82, 2.24) is 20.5 Å². The molecule has 0 bridgehead atoms. The maximum absolute atomic E-state index is 12.9. The lowest BCUT2D eigenvalue weighted by atomic mass is 9.57. The van der Waals surface area contributed by atoms with Gasteiger partial charge in [0.2, 0.25) is 0 Å². The largest absolute Gasteiger partial charge is 0.434 e. The van der Waals surface area contributed by atoms with E-state index >= 15 is 0 Å². The fourth-order valence-corrected chi connectivity index (χ4v) is 3.62. The first-order valence-electron chi connectivity index (χ1n) is 7.07. The number of aromatic amines is 1. The first-order chi connectivity index (χ1) is 9.95. The lowest BCUT2D eigenvalue weighted by Crippen LogP contribution is -2.60. The highest BCUT2D eigenvalue weighted by Crippen LogP contribution is 2.49. The van der Waals surface area contributed by atoms with Gasteiger partial charge in [-0.2, -0.15) is 18.3 Å². The molecule has 0 aromatic carbocycles.